The minimum absolute atomic E-state index is 0.0420. The monoisotopic (exact) mass is 514 g/mol. The van der Waals surface area contributed by atoms with Crippen molar-refractivity contribution < 1.29 is 28.2 Å². The van der Waals surface area contributed by atoms with Gasteiger partial charge in [0, 0.05) is 39.1 Å². The molecule has 3 unspecified atom stereocenters. The van der Waals surface area contributed by atoms with Crippen molar-refractivity contribution in [2.45, 2.75) is 50.9 Å². The van der Waals surface area contributed by atoms with Gasteiger partial charge >= 0.3 is 13.9 Å². The van der Waals surface area contributed by atoms with Crippen LogP contribution in [0.1, 0.15) is 26.5 Å². The maximum atomic E-state index is 12.5. The lowest BCUT2D eigenvalue weighted by molar-refractivity contribution is -0.0423. The van der Waals surface area contributed by atoms with Crippen molar-refractivity contribution in [1.82, 2.24) is 9.55 Å². The zero-order valence-electron chi connectivity index (χ0n) is 18.0. The third kappa shape index (κ3) is 6.53. The zero-order chi connectivity index (χ0) is 24.1. The van der Waals surface area contributed by atoms with Gasteiger partial charge in [0.1, 0.15) is 42.6 Å². The van der Waals surface area contributed by atoms with Crippen LogP contribution in [0.15, 0.2) is 40.1 Å². The van der Waals surface area contributed by atoms with Crippen LogP contribution in [-0.2, 0) is 18.3 Å². The molecule has 1 aliphatic rings. The smallest absolute Gasteiger partial charge is 0.508 e. The maximum absolute atomic E-state index is 12.5. The van der Waals surface area contributed by atoms with Gasteiger partial charge in [0.05, 0.1) is 5.02 Å². The number of benzene rings is 1. The molecule has 0 aliphatic carbocycles. The molecule has 2 aromatic rings. The number of nitrogens with one attached hydrogen (secondary N) is 1. The Labute approximate surface area is 199 Å². The van der Waals surface area contributed by atoms with E-state index in [0.29, 0.717) is 12.5 Å². The average Bonchev–Trinajstić information content (AvgIpc) is 3.06. The molecule has 5 atom stereocenters. The number of hydrogen-bond donors (Lipinski definition) is 2. The molecule has 1 aromatic heterocycles. The summed E-state index contributed by atoms with van der Waals surface area (Å²) < 4.78 is 36.1. The Hall–Kier alpha value is -2.01. The van der Waals surface area contributed by atoms with Crippen molar-refractivity contribution in [3.05, 3.63) is 56.3 Å². The van der Waals surface area contributed by atoms with Crippen LogP contribution < -0.4 is 16.0 Å². The first-order valence-corrected chi connectivity index (χ1v) is 12.4. The van der Waals surface area contributed by atoms with Crippen LogP contribution >= 0.6 is 19.9 Å². The van der Waals surface area contributed by atoms with E-state index in [2.05, 4.69) is 15.2 Å². The molecule has 0 bridgehead atoms. The molecule has 177 valence electrons. The fourth-order valence-electron chi connectivity index (χ4n) is 3.53. The summed E-state index contributed by atoms with van der Waals surface area (Å²) in [6.07, 6.45) is -0.735. The van der Waals surface area contributed by atoms with E-state index in [-0.39, 0.29) is 29.2 Å². The van der Waals surface area contributed by atoms with Crippen LogP contribution in [0.4, 0.5) is 0 Å². The van der Waals surface area contributed by atoms with Gasteiger partial charge in [0.15, 0.2) is 0 Å². The standard InChI is InChI=1S/C20H23ClN2O8PSi/c1-11(2)31-32(27)28-10-16-18(29-15-9-12(24)3-4-14(15)21)13(6-8-33)19(30-16)23-7-5-17(25)22-20(23)26/h3-5,7,9,11,13,16,18-19H,6,8,10H2,1-2H3,(H-,22,24,25,26)/p+1/t13?,16?,18-,19+/m0/s1. The summed E-state index contributed by atoms with van der Waals surface area (Å²) in [7, 11) is 1.07. The third-order valence-electron chi connectivity index (χ3n) is 4.89. The van der Waals surface area contributed by atoms with Crippen molar-refractivity contribution in [1.29, 1.82) is 0 Å². The van der Waals surface area contributed by atoms with Gasteiger partial charge in [-0.2, -0.15) is 0 Å². The van der Waals surface area contributed by atoms with Crippen LogP contribution in [0, 0.1) is 5.92 Å². The first-order valence-electron chi connectivity index (χ1n) is 10.2. The van der Waals surface area contributed by atoms with Gasteiger partial charge in [-0.3, -0.25) is 14.3 Å². The number of hydrogen-bond acceptors (Lipinski definition) is 8. The second kappa shape index (κ2) is 11.4. The summed E-state index contributed by atoms with van der Waals surface area (Å²) in [5, 5.41) is 10.1. The van der Waals surface area contributed by atoms with Crippen LogP contribution in [-0.4, -0.2) is 49.8 Å². The van der Waals surface area contributed by atoms with Gasteiger partial charge < -0.3 is 14.6 Å². The maximum Gasteiger partial charge on any atom is 0.697 e. The molecule has 1 aliphatic heterocycles. The largest absolute Gasteiger partial charge is 0.697 e. The van der Waals surface area contributed by atoms with E-state index in [1.807, 2.05) is 0 Å². The normalized spacial score (nSPS) is 23.1. The second-order valence-corrected chi connectivity index (χ2v) is 9.48. The first kappa shape index (κ1) is 25.6. The van der Waals surface area contributed by atoms with Gasteiger partial charge in [0.2, 0.25) is 0 Å². The van der Waals surface area contributed by atoms with Crippen molar-refractivity contribution in [2.24, 2.45) is 5.92 Å². The number of phenols is 1. The Morgan fingerprint density at radius 2 is 2.09 bits per heavy atom. The lowest BCUT2D eigenvalue weighted by Gasteiger charge is -2.25. The Bertz CT molecular complexity index is 1090. The zero-order valence-corrected chi connectivity index (χ0v) is 20.6. The number of aromatic amines is 1. The number of aromatic hydroxyl groups is 1. The predicted octanol–water partition coefficient (Wildman–Crippen LogP) is 2.93. The number of halogens is 1. The Kier molecular flexibility index (Phi) is 8.86. The van der Waals surface area contributed by atoms with Crippen LogP contribution in [0.5, 0.6) is 11.5 Å². The molecule has 3 radical (unpaired) electrons. The SMILES string of the molecule is CC(C)O[P+](=O)OCC1O[C@@H](n2ccc(=O)[nH]c2=O)C(CC[Si])[C@@H]1Oc1cc(O)ccc1Cl. The van der Waals surface area contributed by atoms with Gasteiger partial charge in [-0.15, -0.1) is 9.05 Å². The van der Waals surface area contributed by atoms with Gasteiger partial charge in [-0.25, -0.2) is 4.79 Å². The molecular weight excluding hydrogens is 491 g/mol. The minimum Gasteiger partial charge on any atom is -0.508 e. The molecule has 0 saturated carbocycles. The van der Waals surface area contributed by atoms with Gasteiger partial charge in [0.25, 0.3) is 5.56 Å². The highest BCUT2D eigenvalue weighted by molar-refractivity contribution is 7.33. The van der Waals surface area contributed by atoms with Crippen LogP contribution in [0.25, 0.3) is 0 Å². The van der Waals surface area contributed by atoms with E-state index in [4.69, 9.17) is 30.1 Å². The highest BCUT2D eigenvalue weighted by Crippen LogP contribution is 2.42. The fourth-order valence-corrected chi connectivity index (χ4v) is 4.70. The van der Waals surface area contributed by atoms with Gasteiger partial charge in [-0.05, 0) is 32.4 Å². The third-order valence-corrected chi connectivity index (χ3v) is 6.45. The summed E-state index contributed by atoms with van der Waals surface area (Å²) in [4.78, 5) is 26.2. The second-order valence-electron chi connectivity index (χ2n) is 7.66. The van der Waals surface area contributed by atoms with Gasteiger partial charge in [-0.1, -0.05) is 17.6 Å². The molecule has 1 aromatic carbocycles. The van der Waals surface area contributed by atoms with E-state index in [1.54, 1.807) is 13.8 Å². The number of ether oxygens (including phenoxy) is 2. The van der Waals surface area contributed by atoms with Crippen molar-refractivity contribution in [3.63, 3.8) is 0 Å². The van der Waals surface area contributed by atoms with Crippen molar-refractivity contribution in [2.75, 3.05) is 6.61 Å². The Balaban J connectivity index is 1.94. The van der Waals surface area contributed by atoms with E-state index >= 15 is 0 Å². The van der Waals surface area contributed by atoms with E-state index in [9.17, 15) is 19.3 Å². The topological polar surface area (TPSA) is 129 Å². The molecule has 33 heavy (non-hydrogen) atoms. The lowest BCUT2D eigenvalue weighted by atomic mass is 9.96. The molecule has 13 heteroatoms. The number of rotatable bonds is 10. The number of nitrogens with zero attached hydrogens (tertiary/aromatic N) is 1. The predicted molar refractivity (Wildman–Crippen MR) is 121 cm³/mol. The van der Waals surface area contributed by atoms with E-state index < -0.39 is 43.9 Å². The van der Waals surface area contributed by atoms with E-state index in [0.717, 1.165) is 0 Å². The molecule has 2 heterocycles. The summed E-state index contributed by atoms with van der Waals surface area (Å²) >= 11 is 6.25. The van der Waals surface area contributed by atoms with Crippen LogP contribution in [0.2, 0.25) is 11.1 Å². The molecule has 1 fully saturated rings. The summed E-state index contributed by atoms with van der Waals surface area (Å²) in [5.74, 6) is -0.229. The summed E-state index contributed by atoms with van der Waals surface area (Å²) in [6, 6.07) is 6.05. The minimum atomic E-state index is -2.40. The summed E-state index contributed by atoms with van der Waals surface area (Å²) in [6.45, 7) is 3.29. The highest BCUT2D eigenvalue weighted by atomic mass is 35.5. The van der Waals surface area contributed by atoms with Crippen molar-refractivity contribution >= 4 is 30.1 Å². The number of H-pyrrole nitrogens is 1. The number of phenolic OH excluding ortho intramolecular Hbond substituents is 1. The van der Waals surface area contributed by atoms with Crippen LogP contribution in [0.3, 0.4) is 0 Å². The lowest BCUT2D eigenvalue weighted by Crippen LogP contribution is -2.37. The van der Waals surface area contributed by atoms with E-state index in [1.165, 1.54) is 35.0 Å². The molecule has 2 N–H and O–H groups in total. The molecule has 0 amide bonds. The molecule has 10 nitrogen and oxygen atoms in total. The molecular formula is C20H24ClN2O8PSi+. The number of aromatic nitrogens is 2. The van der Waals surface area contributed by atoms with Crippen molar-refractivity contribution in [3.8, 4) is 11.5 Å². The molecule has 1 saturated heterocycles. The average molecular weight is 515 g/mol. The fraction of sp³-hybridized carbons (Fsp3) is 0.500. The first-order chi connectivity index (χ1) is 15.7. The molecule has 3 rings (SSSR count). The molecule has 0 spiro atoms. The Morgan fingerprint density at radius 3 is 2.76 bits per heavy atom. The quantitative estimate of drug-likeness (QED) is 0.366. The summed E-state index contributed by atoms with van der Waals surface area (Å²) in [5.41, 5.74) is -1.18. The Morgan fingerprint density at radius 1 is 1.33 bits per heavy atom. The highest BCUT2D eigenvalue weighted by Gasteiger charge is 2.48.